The molecule has 0 amide bonds. The van der Waals surface area contributed by atoms with Crippen LogP contribution in [0.4, 0.5) is 0 Å². The molecule has 2 rings (SSSR count). The fourth-order valence-electron chi connectivity index (χ4n) is 2.76. The summed E-state index contributed by atoms with van der Waals surface area (Å²) in [6.07, 6.45) is 7.21. The first kappa shape index (κ1) is 13.1. The molecular weight excluding hydrogens is 280 g/mol. The summed E-state index contributed by atoms with van der Waals surface area (Å²) < 4.78 is 6.55. The standard InChI is InChI=1S/C13H21BrN2O/c1-16(9-10-4-2-3-5-10)12(8-15)13-11(14)6-7-17-13/h6-7,10,12H,2-5,8-9,15H2,1H3. The minimum absolute atomic E-state index is 0.181. The van der Waals surface area contributed by atoms with Crippen LogP contribution in [0.25, 0.3) is 0 Å². The van der Waals surface area contributed by atoms with Gasteiger partial charge in [-0.3, -0.25) is 4.90 Å². The van der Waals surface area contributed by atoms with E-state index in [1.165, 1.54) is 25.7 Å². The van der Waals surface area contributed by atoms with Crippen molar-refractivity contribution in [3.63, 3.8) is 0 Å². The third-order valence-corrected chi connectivity index (χ3v) is 4.38. The molecule has 1 fully saturated rings. The third kappa shape index (κ3) is 3.12. The Hall–Kier alpha value is -0.320. The molecule has 2 N–H and O–H groups in total. The Kier molecular flexibility index (Phi) is 4.65. The molecule has 0 aliphatic heterocycles. The minimum atomic E-state index is 0.181. The molecule has 1 atom stereocenters. The van der Waals surface area contributed by atoms with Crippen molar-refractivity contribution >= 4 is 15.9 Å². The van der Waals surface area contributed by atoms with Crippen LogP contribution in [-0.2, 0) is 0 Å². The fraction of sp³-hybridized carbons (Fsp3) is 0.692. The lowest BCUT2D eigenvalue weighted by Gasteiger charge is -2.28. The SMILES string of the molecule is CN(CC1CCCC1)C(CN)c1occc1Br. The lowest BCUT2D eigenvalue weighted by atomic mass is 10.1. The number of halogens is 1. The molecule has 0 aromatic carbocycles. The van der Waals surface area contributed by atoms with Gasteiger partial charge in [-0.15, -0.1) is 0 Å². The van der Waals surface area contributed by atoms with Gasteiger partial charge in [0.15, 0.2) is 0 Å². The van der Waals surface area contributed by atoms with Crippen molar-refractivity contribution in [1.82, 2.24) is 4.90 Å². The molecule has 0 bridgehead atoms. The lowest BCUT2D eigenvalue weighted by Crippen LogP contribution is -2.33. The van der Waals surface area contributed by atoms with Crippen LogP contribution in [0, 0.1) is 5.92 Å². The number of rotatable bonds is 5. The molecule has 0 saturated heterocycles. The van der Waals surface area contributed by atoms with Gasteiger partial charge < -0.3 is 10.2 Å². The van der Waals surface area contributed by atoms with Gasteiger partial charge in [0.1, 0.15) is 5.76 Å². The maximum atomic E-state index is 5.89. The van der Waals surface area contributed by atoms with Gasteiger partial charge in [-0.1, -0.05) is 12.8 Å². The monoisotopic (exact) mass is 300 g/mol. The highest BCUT2D eigenvalue weighted by molar-refractivity contribution is 9.10. The first-order valence-corrected chi connectivity index (χ1v) is 7.15. The molecule has 4 heteroatoms. The predicted molar refractivity (Wildman–Crippen MR) is 72.8 cm³/mol. The Morgan fingerprint density at radius 3 is 2.76 bits per heavy atom. The molecule has 3 nitrogen and oxygen atoms in total. The van der Waals surface area contributed by atoms with Gasteiger partial charge in [0, 0.05) is 13.1 Å². The largest absolute Gasteiger partial charge is 0.466 e. The molecular formula is C13H21BrN2O. The van der Waals surface area contributed by atoms with E-state index in [1.54, 1.807) is 6.26 Å². The molecule has 1 aromatic rings. The van der Waals surface area contributed by atoms with Crippen molar-refractivity contribution in [1.29, 1.82) is 0 Å². The topological polar surface area (TPSA) is 42.4 Å². The summed E-state index contributed by atoms with van der Waals surface area (Å²) >= 11 is 3.51. The summed E-state index contributed by atoms with van der Waals surface area (Å²) in [6, 6.07) is 2.11. The maximum Gasteiger partial charge on any atom is 0.136 e. The zero-order valence-corrected chi connectivity index (χ0v) is 11.9. The second-order valence-corrected chi connectivity index (χ2v) is 5.83. The first-order valence-electron chi connectivity index (χ1n) is 6.35. The molecule has 1 unspecified atom stereocenters. The van der Waals surface area contributed by atoms with E-state index in [2.05, 4.69) is 27.9 Å². The fourth-order valence-corrected chi connectivity index (χ4v) is 3.22. The minimum Gasteiger partial charge on any atom is -0.466 e. The Balaban J connectivity index is 1.99. The number of nitrogens with two attached hydrogens (primary N) is 1. The Labute approximate surface area is 111 Å². The van der Waals surface area contributed by atoms with Gasteiger partial charge in [0.05, 0.1) is 16.8 Å². The van der Waals surface area contributed by atoms with E-state index < -0.39 is 0 Å². The van der Waals surface area contributed by atoms with Crippen molar-refractivity contribution in [2.75, 3.05) is 20.1 Å². The highest BCUT2D eigenvalue weighted by Crippen LogP contribution is 2.31. The average Bonchev–Trinajstić information content (AvgIpc) is 2.92. The van der Waals surface area contributed by atoms with Crippen LogP contribution < -0.4 is 5.73 Å². The second-order valence-electron chi connectivity index (χ2n) is 4.97. The zero-order valence-electron chi connectivity index (χ0n) is 10.4. The van der Waals surface area contributed by atoms with Gasteiger partial charge in [0.25, 0.3) is 0 Å². The normalized spacial score (nSPS) is 19.1. The first-order chi connectivity index (χ1) is 8.22. The summed E-state index contributed by atoms with van der Waals surface area (Å²) in [5, 5.41) is 0. The average molecular weight is 301 g/mol. The summed E-state index contributed by atoms with van der Waals surface area (Å²) in [5.41, 5.74) is 5.89. The molecule has 1 aromatic heterocycles. The summed E-state index contributed by atoms with van der Waals surface area (Å²) in [7, 11) is 2.14. The number of hydrogen-bond acceptors (Lipinski definition) is 3. The van der Waals surface area contributed by atoms with E-state index in [0.717, 1.165) is 22.7 Å². The van der Waals surface area contributed by atoms with Gasteiger partial charge in [-0.25, -0.2) is 0 Å². The van der Waals surface area contributed by atoms with Crippen LogP contribution in [0.15, 0.2) is 21.2 Å². The van der Waals surface area contributed by atoms with Crippen LogP contribution in [0.1, 0.15) is 37.5 Å². The number of likely N-dealkylation sites (N-methyl/N-ethyl adjacent to an activating group) is 1. The van der Waals surface area contributed by atoms with Crippen molar-refractivity contribution in [2.24, 2.45) is 11.7 Å². The molecule has 0 spiro atoms. The van der Waals surface area contributed by atoms with Gasteiger partial charge in [-0.2, -0.15) is 0 Å². The zero-order chi connectivity index (χ0) is 12.3. The Morgan fingerprint density at radius 2 is 2.24 bits per heavy atom. The molecule has 96 valence electrons. The molecule has 1 saturated carbocycles. The Bertz CT molecular complexity index is 347. The van der Waals surface area contributed by atoms with Crippen LogP contribution in [-0.4, -0.2) is 25.0 Å². The third-order valence-electron chi connectivity index (χ3n) is 3.72. The van der Waals surface area contributed by atoms with E-state index in [-0.39, 0.29) is 6.04 Å². The molecule has 0 radical (unpaired) electrons. The summed E-state index contributed by atoms with van der Waals surface area (Å²) in [5.74, 6) is 1.79. The lowest BCUT2D eigenvalue weighted by molar-refractivity contribution is 0.189. The molecule has 1 heterocycles. The van der Waals surface area contributed by atoms with Crippen LogP contribution in [0.2, 0.25) is 0 Å². The number of furan rings is 1. The van der Waals surface area contributed by atoms with E-state index in [9.17, 15) is 0 Å². The van der Waals surface area contributed by atoms with E-state index in [1.807, 2.05) is 6.07 Å². The van der Waals surface area contributed by atoms with Crippen LogP contribution in [0.5, 0.6) is 0 Å². The summed E-state index contributed by atoms with van der Waals surface area (Å²) in [6.45, 7) is 1.71. The molecule has 1 aliphatic carbocycles. The maximum absolute atomic E-state index is 5.89. The van der Waals surface area contributed by atoms with Crippen molar-refractivity contribution in [3.05, 3.63) is 22.6 Å². The second kappa shape index (κ2) is 6.03. The quantitative estimate of drug-likeness (QED) is 0.908. The predicted octanol–water partition coefficient (Wildman–Crippen LogP) is 3.16. The smallest absolute Gasteiger partial charge is 0.136 e. The number of nitrogens with zero attached hydrogens (tertiary/aromatic N) is 1. The van der Waals surface area contributed by atoms with E-state index >= 15 is 0 Å². The van der Waals surface area contributed by atoms with E-state index in [0.29, 0.717) is 6.54 Å². The molecule has 17 heavy (non-hydrogen) atoms. The van der Waals surface area contributed by atoms with Crippen LogP contribution >= 0.6 is 15.9 Å². The molecule has 1 aliphatic rings. The van der Waals surface area contributed by atoms with E-state index in [4.69, 9.17) is 10.2 Å². The van der Waals surface area contributed by atoms with Crippen molar-refractivity contribution < 1.29 is 4.42 Å². The van der Waals surface area contributed by atoms with Gasteiger partial charge >= 0.3 is 0 Å². The number of hydrogen-bond donors (Lipinski definition) is 1. The van der Waals surface area contributed by atoms with Gasteiger partial charge in [0.2, 0.25) is 0 Å². The Morgan fingerprint density at radius 1 is 1.53 bits per heavy atom. The summed E-state index contributed by atoms with van der Waals surface area (Å²) in [4.78, 5) is 2.33. The van der Waals surface area contributed by atoms with Crippen LogP contribution in [0.3, 0.4) is 0 Å². The highest BCUT2D eigenvalue weighted by Gasteiger charge is 2.24. The van der Waals surface area contributed by atoms with Crippen molar-refractivity contribution in [3.8, 4) is 0 Å². The van der Waals surface area contributed by atoms with Gasteiger partial charge in [-0.05, 0) is 47.8 Å². The highest BCUT2D eigenvalue weighted by atomic mass is 79.9. The van der Waals surface area contributed by atoms with Crippen molar-refractivity contribution in [2.45, 2.75) is 31.7 Å².